The van der Waals surface area contributed by atoms with Crippen LogP contribution in [0.2, 0.25) is 0 Å². The van der Waals surface area contributed by atoms with Crippen LogP contribution in [0.3, 0.4) is 0 Å². The normalized spacial score (nSPS) is 13.2. The Morgan fingerprint density at radius 2 is 1.76 bits per heavy atom. The van der Waals surface area contributed by atoms with E-state index in [1.165, 1.54) is 0 Å². The molecular formula is C18H32Cl2N6O10S. The van der Waals surface area contributed by atoms with Crippen molar-refractivity contribution >= 4 is 56.8 Å². The minimum Gasteiger partial charge on any atom is -0.569 e. The van der Waals surface area contributed by atoms with Crippen LogP contribution in [0.25, 0.3) is 0 Å². The van der Waals surface area contributed by atoms with E-state index in [1.54, 1.807) is 0 Å². The van der Waals surface area contributed by atoms with Crippen molar-refractivity contribution in [2.45, 2.75) is 24.9 Å². The van der Waals surface area contributed by atoms with Crippen molar-refractivity contribution in [2.75, 3.05) is 63.7 Å². The molecule has 0 aromatic rings. The van der Waals surface area contributed by atoms with Crippen LogP contribution in [0, 0.1) is 5.21 Å². The van der Waals surface area contributed by atoms with Crippen LogP contribution in [-0.2, 0) is 43.3 Å². The maximum Gasteiger partial charge on any atom is 0.325 e. The first-order chi connectivity index (χ1) is 17.4. The third kappa shape index (κ3) is 15.3. The van der Waals surface area contributed by atoms with Crippen molar-refractivity contribution in [3.8, 4) is 0 Å². The lowest BCUT2D eigenvalue weighted by molar-refractivity contribution is -0.709. The van der Waals surface area contributed by atoms with Crippen molar-refractivity contribution in [1.82, 2.24) is 15.6 Å². The van der Waals surface area contributed by atoms with Gasteiger partial charge in [0.25, 0.3) is 0 Å². The van der Waals surface area contributed by atoms with Crippen molar-refractivity contribution in [3.05, 3.63) is 5.21 Å². The van der Waals surface area contributed by atoms with Crippen molar-refractivity contribution in [1.29, 1.82) is 0 Å². The molecule has 0 rings (SSSR count). The van der Waals surface area contributed by atoms with Gasteiger partial charge in [-0.05, 0) is 6.42 Å². The van der Waals surface area contributed by atoms with E-state index in [0.717, 1.165) is 19.2 Å². The minimum absolute atomic E-state index is 0.0830. The lowest BCUT2D eigenvalue weighted by Gasteiger charge is -2.19. The van der Waals surface area contributed by atoms with Gasteiger partial charge in [-0.15, -0.1) is 28.2 Å². The number of nitrogens with zero attached hydrogens (tertiary/aromatic N) is 3. The highest BCUT2D eigenvalue weighted by Gasteiger charge is 2.28. The molecule has 0 heterocycles. The van der Waals surface area contributed by atoms with E-state index in [1.807, 2.05) is 0 Å². The van der Waals surface area contributed by atoms with E-state index < -0.39 is 70.3 Å². The Balaban J connectivity index is 5.18. The number of carbonyl (C=O) groups is 4. The topological polar surface area (TPSA) is 222 Å². The molecule has 0 aromatic heterocycles. The van der Waals surface area contributed by atoms with E-state index in [9.17, 15) is 32.8 Å². The molecule has 0 aromatic carbocycles. The Hall–Kier alpha value is -2.63. The van der Waals surface area contributed by atoms with Gasteiger partial charge in [0.05, 0.1) is 43.8 Å². The highest BCUT2D eigenvalue weighted by Crippen LogP contribution is 2.02. The van der Waals surface area contributed by atoms with E-state index in [4.69, 9.17) is 33.8 Å². The Bertz CT molecular complexity index is 886. The summed E-state index contributed by atoms with van der Waals surface area (Å²) in [6, 6.07) is -2.70. The van der Waals surface area contributed by atoms with Gasteiger partial charge in [0.1, 0.15) is 25.2 Å². The lowest BCUT2D eigenvalue weighted by atomic mass is 10.1. The zero-order chi connectivity index (χ0) is 28.4. The molecule has 0 aliphatic carbocycles. The fourth-order valence-corrected chi connectivity index (χ4v) is 4.11. The zero-order valence-electron chi connectivity index (χ0n) is 20.4. The van der Waals surface area contributed by atoms with Crippen LogP contribution in [0.5, 0.6) is 0 Å². The smallest absolute Gasteiger partial charge is 0.325 e. The van der Waals surface area contributed by atoms with Gasteiger partial charge in [0.15, 0.2) is 9.84 Å². The molecular weight excluding hydrogens is 563 g/mol. The summed E-state index contributed by atoms with van der Waals surface area (Å²) in [6.45, 7) is -0.877. The maximum absolute atomic E-state index is 12.5. The predicted octanol–water partition coefficient (Wildman–Crippen LogP) is -1.96. The summed E-state index contributed by atoms with van der Waals surface area (Å²) in [5, 5.41) is 20.6. The molecule has 0 radical (unpaired) electrons. The summed E-state index contributed by atoms with van der Waals surface area (Å²) in [7, 11) is -1.85. The number of halogens is 2. The number of hydrazine groups is 1. The number of nitrogens with one attached hydrogen (secondary N) is 2. The van der Waals surface area contributed by atoms with E-state index >= 15 is 0 Å². The van der Waals surface area contributed by atoms with Crippen molar-refractivity contribution in [3.63, 3.8) is 0 Å². The fraction of sp³-hybridized carbons (Fsp3) is 0.778. The second-order valence-corrected chi connectivity index (χ2v) is 10.2. The first-order valence-electron chi connectivity index (χ1n) is 10.7. The summed E-state index contributed by atoms with van der Waals surface area (Å²) < 4.78 is 33.9. The second-order valence-electron chi connectivity index (χ2n) is 7.20. The summed E-state index contributed by atoms with van der Waals surface area (Å²) in [4.78, 5) is 52.2. The van der Waals surface area contributed by atoms with E-state index in [-0.39, 0.29) is 42.7 Å². The van der Waals surface area contributed by atoms with Gasteiger partial charge in [0, 0.05) is 18.2 Å². The molecule has 0 aliphatic rings. The van der Waals surface area contributed by atoms with Crippen LogP contribution < -0.4 is 16.4 Å². The SMILES string of the molecule is COC(=O)CNC(=O)[C@H](CS(=O)(=O)CCO/N=[N+](\[O-])N(CCCl)CCCl)NC(=O)CC[C@H](N)C(=O)OC. The number of hydrogen-bond acceptors (Lipinski definition) is 12. The lowest BCUT2D eigenvalue weighted by Crippen LogP contribution is -2.51. The van der Waals surface area contributed by atoms with E-state index in [2.05, 4.69) is 25.4 Å². The number of nitrogens with two attached hydrogens (primary N) is 1. The standard InChI is InChI=1S/C18H32Cl2N6O10S/c1-34-16(28)11-22-17(29)14(23-15(27)4-3-13(21)18(30)35-2)12-37(32,33)10-9-36-24-26(31)25(7-5-19)8-6-20/h13-14H,3-12,21H2,1-2H3,(H,22,29)(H,23,27)/b26-24-/t13-,14-/m0/s1. The van der Waals surface area contributed by atoms with Crippen LogP contribution in [0.4, 0.5) is 0 Å². The van der Waals surface area contributed by atoms with Gasteiger partial charge in [-0.3, -0.25) is 19.2 Å². The maximum atomic E-state index is 12.5. The van der Waals surface area contributed by atoms with Crippen LogP contribution in [0.15, 0.2) is 5.28 Å². The summed E-state index contributed by atoms with van der Waals surface area (Å²) in [5.41, 5.74) is 5.56. The monoisotopic (exact) mass is 594 g/mol. The number of esters is 2. The quantitative estimate of drug-likeness (QED) is 0.0370. The van der Waals surface area contributed by atoms with Crippen molar-refractivity contribution in [2.24, 2.45) is 11.0 Å². The average molecular weight is 595 g/mol. The number of hydrogen-bond donors (Lipinski definition) is 3. The Labute approximate surface area is 224 Å². The van der Waals surface area contributed by atoms with Gasteiger partial charge >= 0.3 is 11.9 Å². The molecule has 37 heavy (non-hydrogen) atoms. The van der Waals surface area contributed by atoms with Gasteiger partial charge in [-0.2, -0.15) is 0 Å². The highest BCUT2D eigenvalue weighted by atomic mass is 35.5. The molecule has 214 valence electrons. The third-order valence-electron chi connectivity index (χ3n) is 4.43. The zero-order valence-corrected chi connectivity index (χ0v) is 22.7. The molecule has 0 unspecified atom stereocenters. The molecule has 4 N–H and O–H groups in total. The molecule has 0 bridgehead atoms. The Kier molecular flexibility index (Phi) is 17.3. The van der Waals surface area contributed by atoms with Gasteiger partial charge in [-0.25, -0.2) is 8.42 Å². The summed E-state index contributed by atoms with van der Waals surface area (Å²) in [5.74, 6) is -4.63. The molecule has 16 nitrogen and oxygen atoms in total. The van der Waals surface area contributed by atoms with Crippen molar-refractivity contribution < 1.29 is 46.9 Å². The number of alkyl halides is 2. The molecule has 0 saturated carbocycles. The predicted molar refractivity (Wildman–Crippen MR) is 130 cm³/mol. The van der Waals surface area contributed by atoms with E-state index in [0.29, 0.717) is 0 Å². The number of methoxy groups -OCH3 is 2. The number of ether oxygens (including phenoxy) is 2. The molecule has 0 aliphatic heterocycles. The van der Waals surface area contributed by atoms with Gasteiger partial charge in [0.2, 0.25) is 17.1 Å². The summed E-state index contributed by atoms with van der Waals surface area (Å²) >= 11 is 11.2. The average Bonchev–Trinajstić information content (AvgIpc) is 2.86. The Morgan fingerprint density at radius 1 is 1.14 bits per heavy atom. The van der Waals surface area contributed by atoms with Crippen LogP contribution >= 0.6 is 23.2 Å². The van der Waals surface area contributed by atoms with Crippen LogP contribution in [-0.4, -0.2) is 118 Å². The third-order valence-corrected chi connectivity index (χ3v) is 6.40. The Morgan fingerprint density at radius 3 is 2.30 bits per heavy atom. The molecule has 2 atom stereocenters. The number of amides is 2. The fourth-order valence-electron chi connectivity index (χ4n) is 2.48. The number of rotatable bonds is 19. The first kappa shape index (κ1) is 34.4. The highest BCUT2D eigenvalue weighted by molar-refractivity contribution is 7.91. The van der Waals surface area contributed by atoms with Crippen LogP contribution in [0.1, 0.15) is 12.8 Å². The number of sulfone groups is 1. The number of carbonyl (C=O) groups excluding carboxylic acids is 4. The molecule has 0 spiro atoms. The largest absolute Gasteiger partial charge is 0.569 e. The van der Waals surface area contributed by atoms with Gasteiger partial charge < -0.3 is 35.9 Å². The second kappa shape index (κ2) is 18.6. The minimum atomic E-state index is -4.05. The summed E-state index contributed by atoms with van der Waals surface area (Å²) in [6.07, 6.45) is -0.452. The molecule has 0 saturated heterocycles. The van der Waals surface area contributed by atoms with Gasteiger partial charge in [-0.1, -0.05) is 0 Å². The molecule has 19 heteroatoms. The molecule has 2 amide bonds. The molecule has 0 fully saturated rings. The first-order valence-corrected chi connectivity index (χ1v) is 13.6.